The Morgan fingerprint density at radius 1 is 1.25 bits per heavy atom. The first kappa shape index (κ1) is 12.5. The Kier molecular flexibility index (Phi) is 4.79. The Bertz CT molecular complexity index is 331. The fourth-order valence-corrected chi connectivity index (χ4v) is 1.29. The average Bonchev–Trinajstić information content (AvgIpc) is 2.35. The van der Waals surface area contributed by atoms with Crippen molar-refractivity contribution in [3.05, 3.63) is 29.8 Å². The number of methoxy groups -OCH3 is 2. The van der Waals surface area contributed by atoms with Crippen molar-refractivity contribution in [3.63, 3.8) is 0 Å². The van der Waals surface area contributed by atoms with E-state index in [1.165, 1.54) is 7.11 Å². The van der Waals surface area contributed by atoms with Gasteiger partial charge in [0.15, 0.2) is 6.79 Å². The van der Waals surface area contributed by atoms with E-state index in [1.54, 1.807) is 26.2 Å². The summed E-state index contributed by atoms with van der Waals surface area (Å²) >= 11 is 0. The first-order chi connectivity index (χ1) is 7.69. The maximum atomic E-state index is 11.3. The first-order valence-corrected chi connectivity index (χ1v) is 4.98. The van der Waals surface area contributed by atoms with Crippen molar-refractivity contribution in [2.75, 3.05) is 21.0 Å². The summed E-state index contributed by atoms with van der Waals surface area (Å²) in [6.07, 6.45) is 0. The van der Waals surface area contributed by atoms with E-state index in [0.717, 1.165) is 5.56 Å². The van der Waals surface area contributed by atoms with E-state index in [1.807, 2.05) is 12.1 Å². The number of ether oxygens (including phenoxy) is 3. The minimum Gasteiger partial charge on any atom is -0.469 e. The van der Waals surface area contributed by atoms with Gasteiger partial charge in [-0.25, -0.2) is 0 Å². The molecule has 0 heterocycles. The summed E-state index contributed by atoms with van der Waals surface area (Å²) < 4.78 is 14.7. The van der Waals surface area contributed by atoms with Crippen LogP contribution in [0.4, 0.5) is 0 Å². The van der Waals surface area contributed by atoms with Gasteiger partial charge in [-0.1, -0.05) is 12.1 Å². The van der Waals surface area contributed by atoms with Crippen LogP contribution in [0, 0.1) is 0 Å². The third-order valence-electron chi connectivity index (χ3n) is 2.28. The van der Waals surface area contributed by atoms with Gasteiger partial charge in [0.25, 0.3) is 0 Å². The summed E-state index contributed by atoms with van der Waals surface area (Å²) in [5.41, 5.74) is 0.900. The molecule has 0 aliphatic heterocycles. The molecule has 1 aromatic carbocycles. The SMILES string of the molecule is COCOc1ccc(C(C)C(=O)OC)cc1. The lowest BCUT2D eigenvalue weighted by Crippen LogP contribution is -2.10. The minimum absolute atomic E-state index is 0.214. The van der Waals surface area contributed by atoms with Crippen molar-refractivity contribution in [2.45, 2.75) is 12.8 Å². The molecule has 0 aromatic heterocycles. The highest BCUT2D eigenvalue weighted by atomic mass is 16.7. The van der Waals surface area contributed by atoms with Crippen molar-refractivity contribution < 1.29 is 19.0 Å². The van der Waals surface area contributed by atoms with Gasteiger partial charge in [-0.05, 0) is 24.6 Å². The molecule has 4 heteroatoms. The molecule has 0 aliphatic carbocycles. The van der Waals surface area contributed by atoms with Crippen LogP contribution in [0.2, 0.25) is 0 Å². The van der Waals surface area contributed by atoms with Gasteiger partial charge in [-0.15, -0.1) is 0 Å². The van der Waals surface area contributed by atoms with Crippen LogP contribution in [-0.4, -0.2) is 27.0 Å². The molecule has 0 bridgehead atoms. The quantitative estimate of drug-likeness (QED) is 0.566. The molecule has 0 saturated heterocycles. The number of rotatable bonds is 5. The third-order valence-corrected chi connectivity index (χ3v) is 2.28. The van der Waals surface area contributed by atoms with Crippen LogP contribution in [0.5, 0.6) is 5.75 Å². The van der Waals surface area contributed by atoms with Gasteiger partial charge in [0.2, 0.25) is 0 Å². The second kappa shape index (κ2) is 6.12. The summed E-state index contributed by atoms with van der Waals surface area (Å²) in [5.74, 6) is 0.203. The maximum absolute atomic E-state index is 11.3. The Morgan fingerprint density at radius 2 is 1.88 bits per heavy atom. The monoisotopic (exact) mass is 224 g/mol. The van der Waals surface area contributed by atoms with Gasteiger partial charge in [-0.2, -0.15) is 0 Å². The van der Waals surface area contributed by atoms with Crippen molar-refractivity contribution in [1.29, 1.82) is 0 Å². The molecule has 0 N–H and O–H groups in total. The molecule has 0 radical (unpaired) electrons. The Hall–Kier alpha value is -1.55. The molecule has 4 nitrogen and oxygen atoms in total. The molecular weight excluding hydrogens is 208 g/mol. The normalized spacial score (nSPS) is 11.9. The van der Waals surface area contributed by atoms with Crippen LogP contribution in [0.25, 0.3) is 0 Å². The summed E-state index contributed by atoms with van der Waals surface area (Å²) in [7, 11) is 2.95. The smallest absolute Gasteiger partial charge is 0.312 e. The van der Waals surface area contributed by atoms with Gasteiger partial charge in [0.05, 0.1) is 13.0 Å². The summed E-state index contributed by atoms with van der Waals surface area (Å²) in [5, 5.41) is 0. The topological polar surface area (TPSA) is 44.8 Å². The second-order valence-corrected chi connectivity index (χ2v) is 3.36. The molecule has 0 amide bonds. The van der Waals surface area contributed by atoms with E-state index >= 15 is 0 Å². The Labute approximate surface area is 95.1 Å². The lowest BCUT2D eigenvalue weighted by molar-refractivity contribution is -0.141. The molecule has 0 spiro atoms. The average molecular weight is 224 g/mol. The minimum atomic E-state index is -0.263. The molecule has 1 aromatic rings. The fraction of sp³-hybridized carbons (Fsp3) is 0.417. The van der Waals surface area contributed by atoms with Crippen molar-refractivity contribution in [3.8, 4) is 5.75 Å². The van der Waals surface area contributed by atoms with E-state index in [2.05, 4.69) is 4.74 Å². The van der Waals surface area contributed by atoms with E-state index in [4.69, 9.17) is 9.47 Å². The fourth-order valence-electron chi connectivity index (χ4n) is 1.29. The van der Waals surface area contributed by atoms with Gasteiger partial charge in [0.1, 0.15) is 5.75 Å². The van der Waals surface area contributed by atoms with Crippen molar-refractivity contribution in [1.82, 2.24) is 0 Å². The van der Waals surface area contributed by atoms with Crippen molar-refractivity contribution >= 4 is 5.97 Å². The van der Waals surface area contributed by atoms with Crippen LogP contribution in [0.15, 0.2) is 24.3 Å². The van der Waals surface area contributed by atoms with Crippen LogP contribution in [0.1, 0.15) is 18.4 Å². The summed E-state index contributed by atoms with van der Waals surface area (Å²) in [6, 6.07) is 7.28. The van der Waals surface area contributed by atoms with Gasteiger partial charge >= 0.3 is 5.97 Å². The number of carbonyl (C=O) groups is 1. The highest BCUT2D eigenvalue weighted by molar-refractivity contribution is 5.77. The molecule has 16 heavy (non-hydrogen) atoms. The maximum Gasteiger partial charge on any atom is 0.312 e. The van der Waals surface area contributed by atoms with E-state index in [9.17, 15) is 4.79 Å². The zero-order valence-electron chi connectivity index (χ0n) is 9.73. The Morgan fingerprint density at radius 3 is 2.38 bits per heavy atom. The summed E-state index contributed by atoms with van der Waals surface area (Å²) in [4.78, 5) is 11.3. The number of carbonyl (C=O) groups excluding carboxylic acids is 1. The van der Waals surface area contributed by atoms with E-state index in [0.29, 0.717) is 5.75 Å². The molecule has 0 saturated carbocycles. The molecule has 1 atom stereocenters. The zero-order valence-corrected chi connectivity index (χ0v) is 9.73. The molecule has 88 valence electrons. The number of hydrogen-bond acceptors (Lipinski definition) is 4. The predicted octanol–water partition coefficient (Wildman–Crippen LogP) is 1.95. The van der Waals surface area contributed by atoms with E-state index < -0.39 is 0 Å². The van der Waals surface area contributed by atoms with Crippen molar-refractivity contribution in [2.24, 2.45) is 0 Å². The van der Waals surface area contributed by atoms with Crippen LogP contribution < -0.4 is 4.74 Å². The molecular formula is C12H16O4. The van der Waals surface area contributed by atoms with Gasteiger partial charge in [0, 0.05) is 7.11 Å². The highest BCUT2D eigenvalue weighted by Gasteiger charge is 2.15. The van der Waals surface area contributed by atoms with Gasteiger partial charge < -0.3 is 14.2 Å². The zero-order chi connectivity index (χ0) is 12.0. The lowest BCUT2D eigenvalue weighted by Gasteiger charge is -2.10. The largest absolute Gasteiger partial charge is 0.469 e. The molecule has 0 aliphatic rings. The molecule has 0 fully saturated rings. The number of esters is 1. The Balaban J connectivity index is 2.67. The second-order valence-electron chi connectivity index (χ2n) is 3.36. The molecule has 1 rings (SSSR count). The van der Waals surface area contributed by atoms with Crippen LogP contribution in [0.3, 0.4) is 0 Å². The predicted molar refractivity (Wildman–Crippen MR) is 59.4 cm³/mol. The highest BCUT2D eigenvalue weighted by Crippen LogP contribution is 2.20. The number of hydrogen-bond donors (Lipinski definition) is 0. The third kappa shape index (κ3) is 3.24. The molecule has 1 unspecified atom stereocenters. The van der Waals surface area contributed by atoms with Crippen LogP contribution in [-0.2, 0) is 14.3 Å². The number of benzene rings is 1. The first-order valence-electron chi connectivity index (χ1n) is 4.98. The summed E-state index contributed by atoms with van der Waals surface area (Å²) in [6.45, 7) is 2.02. The lowest BCUT2D eigenvalue weighted by atomic mass is 10.0. The standard InChI is InChI=1S/C12H16O4/c1-9(12(13)15-3)10-4-6-11(7-5-10)16-8-14-2/h4-7,9H,8H2,1-3H3. The van der Waals surface area contributed by atoms with Gasteiger partial charge in [-0.3, -0.25) is 4.79 Å². The van der Waals surface area contributed by atoms with Crippen LogP contribution >= 0.6 is 0 Å². The van der Waals surface area contributed by atoms with E-state index in [-0.39, 0.29) is 18.7 Å².